The molecule has 0 atom stereocenters. The van der Waals surface area contributed by atoms with Crippen molar-refractivity contribution in [2.24, 2.45) is 0 Å². The quantitative estimate of drug-likeness (QED) is 0.405. The first-order chi connectivity index (χ1) is 2.64. The van der Waals surface area contributed by atoms with Gasteiger partial charge in [0, 0.05) is 0 Å². The van der Waals surface area contributed by atoms with Gasteiger partial charge in [0.05, 0.1) is 0 Å². The number of hydrogen-bond acceptors (Lipinski definition) is 0. The van der Waals surface area contributed by atoms with Crippen LogP contribution in [0.4, 0.5) is 8.78 Å². The van der Waals surface area contributed by atoms with E-state index in [0.717, 1.165) is 6.92 Å². The Labute approximate surface area is 33.9 Å². The number of rotatable bonds is 0. The lowest BCUT2D eigenvalue weighted by molar-refractivity contribution is 0.182. The van der Waals surface area contributed by atoms with Gasteiger partial charge in [0.25, 0.3) is 0 Å². The van der Waals surface area contributed by atoms with Gasteiger partial charge in [0.2, 0.25) is 0 Å². The van der Waals surface area contributed by atoms with Gasteiger partial charge in [-0.15, -0.1) is 0 Å². The van der Waals surface area contributed by atoms with Crippen molar-refractivity contribution in [3.8, 4) is 0 Å². The standard InChI is InChI=1S/C3H3F2O/c1-2(4)3(5)6/h1H3/b3-2+. The zero-order valence-corrected chi connectivity index (χ0v) is 3.16. The molecule has 0 rings (SSSR count). The zero-order chi connectivity index (χ0) is 5.15. The van der Waals surface area contributed by atoms with Crippen LogP contribution in [0, 0.1) is 0 Å². The van der Waals surface area contributed by atoms with Gasteiger partial charge >= 0.3 is 6.01 Å². The molecule has 0 amide bonds. The van der Waals surface area contributed by atoms with Crippen molar-refractivity contribution >= 4 is 0 Å². The van der Waals surface area contributed by atoms with E-state index in [1.165, 1.54) is 0 Å². The van der Waals surface area contributed by atoms with E-state index in [2.05, 4.69) is 0 Å². The molecule has 0 aliphatic heterocycles. The van der Waals surface area contributed by atoms with Crippen LogP contribution in [-0.2, 0) is 5.11 Å². The van der Waals surface area contributed by atoms with Gasteiger partial charge in [-0.1, -0.05) is 0 Å². The second kappa shape index (κ2) is 1.74. The van der Waals surface area contributed by atoms with Crippen LogP contribution in [0.5, 0.6) is 0 Å². The third kappa shape index (κ3) is 1.69. The van der Waals surface area contributed by atoms with Crippen LogP contribution >= 0.6 is 0 Å². The summed E-state index contributed by atoms with van der Waals surface area (Å²) in [5, 5.41) is 9.06. The van der Waals surface area contributed by atoms with E-state index in [1.54, 1.807) is 0 Å². The predicted molar refractivity (Wildman–Crippen MR) is 15.6 cm³/mol. The highest BCUT2D eigenvalue weighted by atomic mass is 19.2. The Morgan fingerprint density at radius 1 is 1.50 bits per heavy atom. The molecule has 0 spiro atoms. The lowest BCUT2D eigenvalue weighted by Gasteiger charge is -1.72. The molecule has 0 fully saturated rings. The molecule has 0 heterocycles. The fraction of sp³-hybridized carbons (Fsp3) is 0.333. The molecule has 0 bridgehead atoms. The fourth-order valence-corrected chi connectivity index (χ4v) is 0. The third-order valence-corrected chi connectivity index (χ3v) is 0.271. The first kappa shape index (κ1) is 5.40. The molecule has 0 aromatic rings. The first-order valence-corrected chi connectivity index (χ1v) is 1.33. The second-order valence-electron chi connectivity index (χ2n) is 0.807. The van der Waals surface area contributed by atoms with Gasteiger partial charge < -0.3 is 0 Å². The highest BCUT2D eigenvalue weighted by Crippen LogP contribution is 2.00. The van der Waals surface area contributed by atoms with Gasteiger partial charge in [0.15, 0.2) is 5.83 Å². The second-order valence-corrected chi connectivity index (χ2v) is 0.807. The van der Waals surface area contributed by atoms with Gasteiger partial charge in [-0.05, 0) is 6.92 Å². The number of allylic oxidation sites excluding steroid dienone is 1. The topological polar surface area (TPSA) is 19.9 Å². The molecular formula is C3H3F2O. The van der Waals surface area contributed by atoms with Crippen molar-refractivity contribution in [2.45, 2.75) is 6.92 Å². The molecule has 0 saturated carbocycles. The summed E-state index contributed by atoms with van der Waals surface area (Å²) < 4.78 is 21.8. The van der Waals surface area contributed by atoms with Crippen LogP contribution in [0.1, 0.15) is 6.92 Å². The fourth-order valence-electron chi connectivity index (χ4n) is 0. The minimum absolute atomic E-state index is 0.766. The van der Waals surface area contributed by atoms with E-state index in [1.807, 2.05) is 0 Å². The Morgan fingerprint density at radius 3 is 1.67 bits per heavy atom. The Balaban J connectivity index is 3.68. The normalized spacial score (nSPS) is 13.8. The molecule has 0 aromatic heterocycles. The summed E-state index contributed by atoms with van der Waals surface area (Å²) in [6.45, 7) is 0.766. The molecule has 0 N–H and O–H groups in total. The van der Waals surface area contributed by atoms with Crippen LogP contribution in [-0.4, -0.2) is 0 Å². The minimum atomic E-state index is -1.99. The van der Waals surface area contributed by atoms with Gasteiger partial charge in [0.1, 0.15) is 0 Å². The SMILES string of the molecule is C/C(F)=C(\[O])F. The summed E-state index contributed by atoms with van der Waals surface area (Å²) in [6.07, 6.45) is 0. The lowest BCUT2D eigenvalue weighted by Crippen LogP contribution is -1.64. The molecule has 0 unspecified atom stereocenters. The lowest BCUT2D eigenvalue weighted by atomic mass is 10.7. The average molecular weight is 93.1 g/mol. The molecule has 1 nitrogen and oxygen atoms in total. The van der Waals surface area contributed by atoms with E-state index >= 15 is 0 Å². The van der Waals surface area contributed by atoms with Crippen molar-refractivity contribution in [3.05, 3.63) is 11.8 Å². The smallest absolute Gasteiger partial charge is 0.253 e. The molecule has 0 aromatic carbocycles. The van der Waals surface area contributed by atoms with E-state index in [9.17, 15) is 8.78 Å². The summed E-state index contributed by atoms with van der Waals surface area (Å²) in [5.74, 6) is -1.30. The van der Waals surface area contributed by atoms with Gasteiger partial charge in [-0.25, -0.2) is 4.39 Å². The highest BCUT2D eigenvalue weighted by molar-refractivity contribution is 4.83. The summed E-state index contributed by atoms with van der Waals surface area (Å²) >= 11 is 0. The molecule has 0 aliphatic rings. The maximum atomic E-state index is 11.0. The molecule has 35 valence electrons. The Hall–Kier alpha value is -0.600. The van der Waals surface area contributed by atoms with Crippen LogP contribution in [0.25, 0.3) is 0 Å². The van der Waals surface area contributed by atoms with E-state index in [4.69, 9.17) is 5.11 Å². The van der Waals surface area contributed by atoms with Crippen molar-refractivity contribution in [1.29, 1.82) is 0 Å². The van der Waals surface area contributed by atoms with Crippen molar-refractivity contribution < 1.29 is 13.9 Å². The van der Waals surface area contributed by atoms with E-state index in [0.29, 0.717) is 0 Å². The Bertz CT molecular complexity index is 58.9. The predicted octanol–water partition coefficient (Wildman–Crippen LogP) is 1.54. The van der Waals surface area contributed by atoms with E-state index < -0.39 is 11.8 Å². The van der Waals surface area contributed by atoms with Crippen molar-refractivity contribution in [2.75, 3.05) is 0 Å². The molecular weight excluding hydrogens is 90.0 g/mol. The minimum Gasteiger partial charge on any atom is -0.253 e. The van der Waals surface area contributed by atoms with E-state index in [-0.39, 0.29) is 0 Å². The zero-order valence-electron chi connectivity index (χ0n) is 3.16. The summed E-state index contributed by atoms with van der Waals surface area (Å²) in [5.41, 5.74) is 0. The van der Waals surface area contributed by atoms with Crippen molar-refractivity contribution in [3.63, 3.8) is 0 Å². The van der Waals surface area contributed by atoms with Crippen molar-refractivity contribution in [1.82, 2.24) is 0 Å². The highest BCUT2D eigenvalue weighted by Gasteiger charge is 1.94. The maximum Gasteiger partial charge on any atom is 0.355 e. The number of halogens is 2. The largest absolute Gasteiger partial charge is 0.355 e. The number of hydrogen-bond donors (Lipinski definition) is 0. The van der Waals surface area contributed by atoms with Gasteiger partial charge in [-0.3, -0.25) is 5.11 Å². The molecule has 1 radical (unpaired) electrons. The van der Waals surface area contributed by atoms with Crippen LogP contribution in [0.2, 0.25) is 0 Å². The van der Waals surface area contributed by atoms with Crippen LogP contribution in [0.15, 0.2) is 11.8 Å². The Morgan fingerprint density at radius 2 is 1.67 bits per heavy atom. The third-order valence-electron chi connectivity index (χ3n) is 0.271. The van der Waals surface area contributed by atoms with Crippen LogP contribution < -0.4 is 0 Å². The molecule has 0 aliphatic carbocycles. The monoisotopic (exact) mass is 93.0 g/mol. The summed E-state index contributed by atoms with van der Waals surface area (Å²) in [4.78, 5) is 0. The summed E-state index contributed by atoms with van der Waals surface area (Å²) in [6, 6.07) is -1.99. The molecule has 3 heteroatoms. The molecule has 6 heavy (non-hydrogen) atoms. The first-order valence-electron chi connectivity index (χ1n) is 1.33. The summed E-state index contributed by atoms with van der Waals surface area (Å²) in [7, 11) is 0. The van der Waals surface area contributed by atoms with Crippen LogP contribution in [0.3, 0.4) is 0 Å². The molecule has 0 saturated heterocycles. The van der Waals surface area contributed by atoms with Gasteiger partial charge in [-0.2, -0.15) is 4.39 Å². The Kier molecular flexibility index (Phi) is 1.57. The average Bonchev–Trinajstić information content (AvgIpc) is 1.36. The maximum absolute atomic E-state index is 11.0.